The Morgan fingerprint density at radius 3 is 2.62 bits per heavy atom. The van der Waals surface area contributed by atoms with Crippen molar-refractivity contribution in [1.29, 1.82) is 0 Å². The van der Waals surface area contributed by atoms with Gasteiger partial charge in [0.25, 0.3) is 0 Å². The molecule has 7 nitrogen and oxygen atoms in total. The normalized spacial score (nSPS) is 16.3. The number of ether oxygens (including phenoxy) is 3. The lowest BCUT2D eigenvalue weighted by molar-refractivity contribution is -0.117. The maximum Gasteiger partial charge on any atom is 0.339 e. The van der Waals surface area contributed by atoms with Crippen molar-refractivity contribution < 1.29 is 23.8 Å². The van der Waals surface area contributed by atoms with E-state index in [1.165, 1.54) is 7.11 Å². The van der Waals surface area contributed by atoms with Gasteiger partial charge < -0.3 is 19.5 Å². The minimum atomic E-state index is -0.483. The number of amides is 1. The molecule has 29 heavy (non-hydrogen) atoms. The average molecular weight is 398 g/mol. The van der Waals surface area contributed by atoms with Gasteiger partial charge in [0.15, 0.2) is 0 Å². The Morgan fingerprint density at radius 1 is 1.10 bits per heavy atom. The Bertz CT molecular complexity index is 883. The number of likely N-dealkylation sites (tertiary alicyclic amines) is 1. The van der Waals surface area contributed by atoms with Gasteiger partial charge in [-0.3, -0.25) is 9.69 Å². The molecule has 0 unspecified atom stereocenters. The number of anilines is 1. The second-order valence-corrected chi connectivity index (χ2v) is 6.82. The minimum absolute atomic E-state index is 0.0810. The summed E-state index contributed by atoms with van der Waals surface area (Å²) in [5.41, 5.74) is 1.81. The molecule has 0 radical (unpaired) electrons. The van der Waals surface area contributed by atoms with Gasteiger partial charge in [0, 0.05) is 17.7 Å². The first-order chi connectivity index (χ1) is 14.1. The number of hydrogen-bond acceptors (Lipinski definition) is 6. The number of para-hydroxylation sites is 1. The third-order valence-electron chi connectivity index (χ3n) is 5.12. The number of carbonyl (C=O) groups excluding carboxylic acids is 2. The van der Waals surface area contributed by atoms with E-state index in [1.54, 1.807) is 38.5 Å². The zero-order valence-electron chi connectivity index (χ0n) is 16.9. The van der Waals surface area contributed by atoms with Gasteiger partial charge in [0.05, 0.1) is 39.1 Å². The summed E-state index contributed by atoms with van der Waals surface area (Å²) in [5, 5.41) is 2.84. The lowest BCUT2D eigenvalue weighted by Crippen LogP contribution is -2.33. The van der Waals surface area contributed by atoms with Gasteiger partial charge in [-0.25, -0.2) is 4.79 Å². The van der Waals surface area contributed by atoms with Gasteiger partial charge in [-0.1, -0.05) is 18.2 Å². The van der Waals surface area contributed by atoms with Gasteiger partial charge in [-0.15, -0.1) is 0 Å². The number of nitrogens with zero attached hydrogens (tertiary/aromatic N) is 1. The molecule has 154 valence electrons. The van der Waals surface area contributed by atoms with E-state index >= 15 is 0 Å². The maximum absolute atomic E-state index is 12.7. The molecule has 0 aliphatic carbocycles. The third-order valence-corrected chi connectivity index (χ3v) is 5.12. The lowest BCUT2D eigenvalue weighted by Gasteiger charge is -2.26. The van der Waals surface area contributed by atoms with Crippen molar-refractivity contribution >= 4 is 17.6 Å². The molecule has 0 saturated carbocycles. The van der Waals surface area contributed by atoms with Crippen LogP contribution in [0.3, 0.4) is 0 Å². The quantitative estimate of drug-likeness (QED) is 0.722. The summed E-state index contributed by atoms with van der Waals surface area (Å²) in [6.45, 7) is 1.03. The first-order valence-electron chi connectivity index (χ1n) is 9.50. The van der Waals surface area contributed by atoms with E-state index in [0.717, 1.165) is 36.4 Å². The fourth-order valence-electron chi connectivity index (χ4n) is 3.72. The van der Waals surface area contributed by atoms with Crippen LogP contribution < -0.4 is 14.8 Å². The van der Waals surface area contributed by atoms with Crippen molar-refractivity contribution in [2.24, 2.45) is 0 Å². The SMILES string of the molecule is COC(=O)c1ccccc1NC(=O)CN1CCC[C@@H]1c1ccc(OC)cc1OC. The smallest absolute Gasteiger partial charge is 0.339 e. The van der Waals surface area contributed by atoms with E-state index < -0.39 is 5.97 Å². The van der Waals surface area contributed by atoms with Crippen molar-refractivity contribution in [3.8, 4) is 11.5 Å². The van der Waals surface area contributed by atoms with E-state index in [4.69, 9.17) is 14.2 Å². The van der Waals surface area contributed by atoms with Crippen LogP contribution in [0.4, 0.5) is 5.69 Å². The number of carbonyl (C=O) groups is 2. The summed E-state index contributed by atoms with van der Waals surface area (Å²) >= 11 is 0. The number of methoxy groups -OCH3 is 3. The van der Waals surface area contributed by atoms with Crippen molar-refractivity contribution in [2.75, 3.05) is 39.7 Å². The molecule has 0 bridgehead atoms. The molecule has 1 atom stereocenters. The Hall–Kier alpha value is -3.06. The van der Waals surface area contributed by atoms with Crippen LogP contribution in [0.25, 0.3) is 0 Å². The molecular weight excluding hydrogens is 372 g/mol. The monoisotopic (exact) mass is 398 g/mol. The van der Waals surface area contributed by atoms with Crippen LogP contribution in [-0.4, -0.2) is 51.2 Å². The molecule has 3 rings (SSSR count). The fraction of sp³-hybridized carbons (Fsp3) is 0.364. The van der Waals surface area contributed by atoms with Crippen molar-refractivity contribution in [3.63, 3.8) is 0 Å². The van der Waals surface area contributed by atoms with Gasteiger partial charge in [-0.2, -0.15) is 0 Å². The highest BCUT2D eigenvalue weighted by atomic mass is 16.5. The summed E-state index contributed by atoms with van der Waals surface area (Å²) in [6.07, 6.45) is 1.93. The van der Waals surface area contributed by atoms with Crippen LogP contribution in [0.2, 0.25) is 0 Å². The molecular formula is C22H26N2O5. The topological polar surface area (TPSA) is 77.1 Å². The fourth-order valence-corrected chi connectivity index (χ4v) is 3.72. The van der Waals surface area contributed by atoms with E-state index in [2.05, 4.69) is 10.2 Å². The molecule has 1 heterocycles. The summed E-state index contributed by atoms with van der Waals surface area (Å²) in [6, 6.07) is 12.7. The van der Waals surface area contributed by atoms with Crippen molar-refractivity contribution in [2.45, 2.75) is 18.9 Å². The summed E-state index contributed by atoms with van der Waals surface area (Å²) in [5.74, 6) is 0.814. The molecule has 0 spiro atoms. The van der Waals surface area contributed by atoms with E-state index in [0.29, 0.717) is 11.3 Å². The zero-order chi connectivity index (χ0) is 20.8. The number of benzene rings is 2. The number of esters is 1. The van der Waals surface area contributed by atoms with Crippen LogP contribution in [-0.2, 0) is 9.53 Å². The van der Waals surface area contributed by atoms with Crippen LogP contribution in [0.15, 0.2) is 42.5 Å². The van der Waals surface area contributed by atoms with Crippen molar-refractivity contribution in [1.82, 2.24) is 4.90 Å². The predicted octanol–water partition coefficient (Wildman–Crippen LogP) is 3.27. The highest BCUT2D eigenvalue weighted by molar-refractivity contribution is 6.01. The van der Waals surface area contributed by atoms with Crippen LogP contribution in [0, 0.1) is 0 Å². The molecule has 1 N–H and O–H groups in total. The number of rotatable bonds is 7. The van der Waals surface area contributed by atoms with E-state index in [1.807, 2.05) is 18.2 Å². The van der Waals surface area contributed by atoms with E-state index in [9.17, 15) is 9.59 Å². The second-order valence-electron chi connectivity index (χ2n) is 6.82. The van der Waals surface area contributed by atoms with Crippen LogP contribution >= 0.6 is 0 Å². The van der Waals surface area contributed by atoms with Gasteiger partial charge in [0.1, 0.15) is 11.5 Å². The van der Waals surface area contributed by atoms with Gasteiger partial charge >= 0.3 is 5.97 Å². The third kappa shape index (κ3) is 4.68. The molecule has 0 aromatic heterocycles. The Labute approximate surface area is 170 Å². The molecule has 1 aliphatic rings. The van der Waals surface area contributed by atoms with Gasteiger partial charge in [-0.05, 0) is 37.6 Å². The van der Waals surface area contributed by atoms with Gasteiger partial charge in [0.2, 0.25) is 5.91 Å². The molecule has 7 heteroatoms. The molecule has 1 fully saturated rings. The molecule has 1 amide bonds. The first kappa shape index (κ1) is 20.7. The zero-order valence-corrected chi connectivity index (χ0v) is 16.9. The number of hydrogen-bond donors (Lipinski definition) is 1. The maximum atomic E-state index is 12.7. The largest absolute Gasteiger partial charge is 0.497 e. The number of nitrogens with one attached hydrogen (secondary N) is 1. The first-order valence-corrected chi connectivity index (χ1v) is 9.50. The van der Waals surface area contributed by atoms with Crippen LogP contribution in [0.1, 0.15) is 34.8 Å². The Morgan fingerprint density at radius 2 is 1.90 bits per heavy atom. The molecule has 2 aromatic carbocycles. The van der Waals surface area contributed by atoms with Crippen LogP contribution in [0.5, 0.6) is 11.5 Å². The average Bonchev–Trinajstić information content (AvgIpc) is 3.20. The molecule has 1 aliphatic heterocycles. The summed E-state index contributed by atoms with van der Waals surface area (Å²) < 4.78 is 15.6. The Kier molecular flexibility index (Phi) is 6.72. The highest BCUT2D eigenvalue weighted by Gasteiger charge is 2.30. The minimum Gasteiger partial charge on any atom is -0.497 e. The highest BCUT2D eigenvalue weighted by Crippen LogP contribution is 2.38. The predicted molar refractivity (Wildman–Crippen MR) is 110 cm³/mol. The van der Waals surface area contributed by atoms with Crippen molar-refractivity contribution in [3.05, 3.63) is 53.6 Å². The molecule has 1 saturated heterocycles. The standard InChI is InChI=1S/C22H26N2O5/c1-27-15-10-11-17(20(13-15)28-2)19-9-6-12-24(19)14-21(25)23-18-8-5-4-7-16(18)22(26)29-3/h4-5,7-8,10-11,13,19H,6,9,12,14H2,1-3H3,(H,23,25)/t19-/m1/s1. The Balaban J connectivity index is 1.74. The summed E-state index contributed by atoms with van der Waals surface area (Å²) in [7, 11) is 4.57. The lowest BCUT2D eigenvalue weighted by atomic mass is 10.0. The molecule has 2 aromatic rings. The second kappa shape index (κ2) is 9.43. The van der Waals surface area contributed by atoms with E-state index in [-0.39, 0.29) is 18.5 Å². The summed E-state index contributed by atoms with van der Waals surface area (Å²) in [4.78, 5) is 26.7.